The molecule has 1 aromatic heterocycles. The number of hydrogen-bond donors (Lipinski definition) is 1. The van der Waals surface area contributed by atoms with Gasteiger partial charge in [-0.25, -0.2) is 4.98 Å². The Kier molecular flexibility index (Phi) is 5.63. The van der Waals surface area contributed by atoms with Gasteiger partial charge in [0.25, 0.3) is 5.56 Å². The Balaban J connectivity index is 1.50. The number of likely N-dealkylation sites (tertiary alicyclic amines) is 2. The van der Waals surface area contributed by atoms with Crippen molar-refractivity contribution in [1.82, 2.24) is 19.8 Å². The molecular formula is C17H26N4O3. The zero-order valence-corrected chi connectivity index (χ0v) is 14.2. The monoisotopic (exact) mass is 334 g/mol. The van der Waals surface area contributed by atoms with Crippen LogP contribution in [0.1, 0.15) is 30.9 Å². The summed E-state index contributed by atoms with van der Waals surface area (Å²) in [6.07, 6.45) is 4.16. The maximum absolute atomic E-state index is 12.7. The van der Waals surface area contributed by atoms with E-state index in [1.807, 2.05) is 4.90 Å². The minimum Gasteiger partial charge on any atom is -0.383 e. The molecule has 2 saturated heterocycles. The lowest BCUT2D eigenvalue weighted by Crippen LogP contribution is -2.42. The molecule has 0 saturated carbocycles. The lowest BCUT2D eigenvalue weighted by molar-refractivity contribution is -0.136. The third kappa shape index (κ3) is 4.02. The van der Waals surface area contributed by atoms with Crippen molar-refractivity contribution in [3.63, 3.8) is 0 Å². The molecular weight excluding hydrogens is 308 g/mol. The number of methoxy groups -OCH3 is 1. The first-order valence-corrected chi connectivity index (χ1v) is 8.72. The normalized spacial score (nSPS) is 22.9. The quantitative estimate of drug-likeness (QED) is 0.845. The number of H-pyrrole nitrogens is 1. The molecule has 3 heterocycles. The largest absolute Gasteiger partial charge is 0.383 e. The molecule has 1 N–H and O–H groups in total. The van der Waals surface area contributed by atoms with E-state index in [1.165, 1.54) is 6.33 Å². The van der Waals surface area contributed by atoms with Gasteiger partial charge in [-0.3, -0.25) is 9.59 Å². The van der Waals surface area contributed by atoms with Crippen molar-refractivity contribution in [2.45, 2.75) is 25.2 Å². The summed E-state index contributed by atoms with van der Waals surface area (Å²) < 4.78 is 5.11. The van der Waals surface area contributed by atoms with Crippen LogP contribution < -0.4 is 5.56 Å². The zero-order valence-electron chi connectivity index (χ0n) is 14.2. The molecule has 2 fully saturated rings. The highest BCUT2D eigenvalue weighted by atomic mass is 16.5. The predicted molar refractivity (Wildman–Crippen MR) is 89.8 cm³/mol. The van der Waals surface area contributed by atoms with Crippen LogP contribution in [-0.2, 0) is 9.53 Å². The molecule has 0 radical (unpaired) electrons. The van der Waals surface area contributed by atoms with Gasteiger partial charge in [0.15, 0.2) is 0 Å². The van der Waals surface area contributed by atoms with Gasteiger partial charge in [-0.2, -0.15) is 0 Å². The first-order valence-electron chi connectivity index (χ1n) is 8.72. The van der Waals surface area contributed by atoms with Gasteiger partial charge in [-0.05, 0) is 25.8 Å². The molecule has 7 heteroatoms. The van der Waals surface area contributed by atoms with Gasteiger partial charge < -0.3 is 19.5 Å². The van der Waals surface area contributed by atoms with Gasteiger partial charge >= 0.3 is 0 Å². The number of piperidine rings is 1. The maximum Gasteiger partial charge on any atom is 0.250 e. The summed E-state index contributed by atoms with van der Waals surface area (Å²) in [6.45, 7) is 4.95. The lowest BCUT2D eigenvalue weighted by atomic mass is 9.92. The summed E-state index contributed by atoms with van der Waals surface area (Å²) in [7, 11) is 1.71. The van der Waals surface area contributed by atoms with E-state index in [0.717, 1.165) is 64.3 Å². The highest BCUT2D eigenvalue weighted by Crippen LogP contribution is 2.28. The molecule has 1 unspecified atom stereocenters. The second kappa shape index (κ2) is 7.90. The Morgan fingerprint density at radius 1 is 1.33 bits per heavy atom. The Morgan fingerprint density at radius 3 is 2.83 bits per heavy atom. The predicted octanol–water partition coefficient (Wildman–Crippen LogP) is 0.444. The summed E-state index contributed by atoms with van der Waals surface area (Å²) >= 11 is 0. The number of ether oxygens (including phenoxy) is 1. The first kappa shape index (κ1) is 17.1. The highest BCUT2D eigenvalue weighted by Gasteiger charge is 2.33. The standard InChI is InChI=1S/C17H26N4O3/c1-24-9-8-20-5-2-14(11-20)17(23)21-6-3-13(4-7-21)15-10-16(22)19-12-18-15/h10,12-14H,2-9,11H2,1H3,(H,18,19,22). The van der Waals surface area contributed by atoms with Crippen LogP contribution in [0.5, 0.6) is 0 Å². The number of rotatable bonds is 5. The smallest absolute Gasteiger partial charge is 0.250 e. The van der Waals surface area contributed by atoms with Crippen LogP contribution in [0.3, 0.4) is 0 Å². The van der Waals surface area contributed by atoms with Crippen molar-refractivity contribution in [1.29, 1.82) is 0 Å². The van der Waals surface area contributed by atoms with Crippen LogP contribution in [0.4, 0.5) is 0 Å². The molecule has 1 atom stereocenters. The molecule has 1 amide bonds. The number of hydrogen-bond acceptors (Lipinski definition) is 5. The van der Waals surface area contributed by atoms with Crippen molar-refractivity contribution >= 4 is 5.91 Å². The molecule has 24 heavy (non-hydrogen) atoms. The van der Waals surface area contributed by atoms with Crippen LogP contribution in [0.25, 0.3) is 0 Å². The summed E-state index contributed by atoms with van der Waals surface area (Å²) in [4.78, 5) is 35.2. The van der Waals surface area contributed by atoms with Gasteiger partial charge in [0.1, 0.15) is 0 Å². The van der Waals surface area contributed by atoms with E-state index >= 15 is 0 Å². The van der Waals surface area contributed by atoms with E-state index in [4.69, 9.17) is 4.74 Å². The molecule has 2 aliphatic heterocycles. The summed E-state index contributed by atoms with van der Waals surface area (Å²) in [5, 5.41) is 0. The molecule has 2 aliphatic rings. The number of aromatic amines is 1. The van der Waals surface area contributed by atoms with Gasteiger partial charge in [0.05, 0.1) is 24.5 Å². The van der Waals surface area contributed by atoms with Crippen molar-refractivity contribution in [2.75, 3.05) is 46.4 Å². The molecule has 132 valence electrons. The van der Waals surface area contributed by atoms with Gasteiger partial charge in [0, 0.05) is 45.3 Å². The van der Waals surface area contributed by atoms with Crippen LogP contribution in [-0.4, -0.2) is 72.1 Å². The third-order valence-electron chi connectivity index (χ3n) is 5.16. The van der Waals surface area contributed by atoms with E-state index in [2.05, 4.69) is 14.9 Å². The Labute approximate surface area is 142 Å². The Bertz CT molecular complexity index is 610. The van der Waals surface area contributed by atoms with Crippen LogP contribution >= 0.6 is 0 Å². The van der Waals surface area contributed by atoms with E-state index in [-0.39, 0.29) is 23.3 Å². The minimum atomic E-state index is -0.111. The number of carbonyl (C=O) groups is 1. The lowest BCUT2D eigenvalue weighted by Gasteiger charge is -2.33. The molecule has 7 nitrogen and oxygen atoms in total. The molecule has 0 bridgehead atoms. The fourth-order valence-electron chi connectivity index (χ4n) is 3.72. The molecule has 1 aromatic rings. The van der Waals surface area contributed by atoms with E-state index in [1.54, 1.807) is 13.2 Å². The fourth-order valence-corrected chi connectivity index (χ4v) is 3.72. The third-order valence-corrected chi connectivity index (χ3v) is 5.16. The van der Waals surface area contributed by atoms with E-state index in [0.29, 0.717) is 0 Å². The van der Waals surface area contributed by atoms with E-state index in [9.17, 15) is 9.59 Å². The Hall–Kier alpha value is -1.73. The second-order valence-electron chi connectivity index (χ2n) is 6.71. The maximum atomic E-state index is 12.7. The number of amides is 1. The van der Waals surface area contributed by atoms with Crippen molar-refractivity contribution in [2.24, 2.45) is 5.92 Å². The number of carbonyl (C=O) groups excluding carboxylic acids is 1. The SMILES string of the molecule is COCCN1CCC(C(=O)N2CCC(c3cc(=O)[nH]cn3)CC2)C1. The second-order valence-corrected chi connectivity index (χ2v) is 6.71. The van der Waals surface area contributed by atoms with Crippen LogP contribution in [0.15, 0.2) is 17.2 Å². The summed E-state index contributed by atoms with van der Waals surface area (Å²) in [5.41, 5.74) is 0.734. The van der Waals surface area contributed by atoms with Crippen LogP contribution in [0.2, 0.25) is 0 Å². The fraction of sp³-hybridized carbons (Fsp3) is 0.706. The van der Waals surface area contributed by atoms with Gasteiger partial charge in [-0.1, -0.05) is 0 Å². The number of nitrogens with zero attached hydrogens (tertiary/aromatic N) is 3. The Morgan fingerprint density at radius 2 is 2.12 bits per heavy atom. The topological polar surface area (TPSA) is 78.5 Å². The zero-order chi connectivity index (χ0) is 16.9. The molecule has 0 spiro atoms. The summed E-state index contributed by atoms with van der Waals surface area (Å²) in [5.74, 6) is 0.682. The molecule has 3 rings (SSSR count). The van der Waals surface area contributed by atoms with Crippen molar-refractivity contribution in [3.05, 3.63) is 28.4 Å². The van der Waals surface area contributed by atoms with Crippen molar-refractivity contribution < 1.29 is 9.53 Å². The van der Waals surface area contributed by atoms with Crippen LogP contribution in [0, 0.1) is 5.92 Å². The number of aromatic nitrogens is 2. The minimum absolute atomic E-state index is 0.111. The van der Waals surface area contributed by atoms with Gasteiger partial charge in [-0.15, -0.1) is 0 Å². The average Bonchev–Trinajstić information content (AvgIpc) is 3.08. The van der Waals surface area contributed by atoms with E-state index < -0.39 is 0 Å². The first-order chi connectivity index (χ1) is 11.7. The molecule has 0 aliphatic carbocycles. The average molecular weight is 334 g/mol. The van der Waals surface area contributed by atoms with Crippen molar-refractivity contribution in [3.8, 4) is 0 Å². The molecule has 0 aromatic carbocycles. The number of nitrogens with one attached hydrogen (secondary N) is 1. The highest BCUT2D eigenvalue weighted by molar-refractivity contribution is 5.79. The van der Waals surface area contributed by atoms with Gasteiger partial charge in [0.2, 0.25) is 5.91 Å². The summed E-state index contributed by atoms with van der Waals surface area (Å²) in [6, 6.07) is 1.58.